The molecule has 0 unspecified atom stereocenters. The smallest absolute Gasteiger partial charge is 0.329 e. The second-order valence-corrected chi connectivity index (χ2v) is 5.64. The second-order valence-electron chi connectivity index (χ2n) is 5.64. The van der Waals surface area contributed by atoms with E-state index in [0.717, 1.165) is 31.2 Å². The maximum Gasteiger partial charge on any atom is 0.329 e. The lowest BCUT2D eigenvalue weighted by atomic mass is 9.81. The van der Waals surface area contributed by atoms with Crippen LogP contribution in [0.5, 0.6) is 0 Å². The quantitative estimate of drug-likeness (QED) is 0.769. The largest absolute Gasteiger partial charge is 0.480 e. The molecule has 1 saturated carbocycles. The van der Waals surface area contributed by atoms with Crippen molar-refractivity contribution in [2.24, 2.45) is 5.73 Å². The summed E-state index contributed by atoms with van der Waals surface area (Å²) < 4.78 is 0. The molecule has 0 spiro atoms. The molecule has 1 fully saturated rings. The van der Waals surface area contributed by atoms with E-state index in [0.29, 0.717) is 24.9 Å². The Labute approximate surface area is 124 Å². The molecule has 2 rings (SSSR count). The van der Waals surface area contributed by atoms with Crippen molar-refractivity contribution in [2.45, 2.75) is 44.1 Å². The first-order valence-electron chi connectivity index (χ1n) is 7.42. The van der Waals surface area contributed by atoms with Crippen LogP contribution in [0.3, 0.4) is 0 Å². The number of carboxylic acids is 1. The summed E-state index contributed by atoms with van der Waals surface area (Å²) >= 11 is 0. The molecule has 0 aliphatic heterocycles. The van der Waals surface area contributed by atoms with Crippen LogP contribution >= 0.6 is 0 Å². The Hall–Kier alpha value is -1.88. The molecule has 0 radical (unpaired) electrons. The van der Waals surface area contributed by atoms with Gasteiger partial charge in [-0.3, -0.25) is 4.79 Å². The molecule has 0 aromatic heterocycles. The van der Waals surface area contributed by atoms with Crippen molar-refractivity contribution in [1.82, 2.24) is 5.32 Å². The fourth-order valence-electron chi connectivity index (χ4n) is 2.83. The normalized spacial score (nSPS) is 17.2. The molecule has 1 aromatic carbocycles. The van der Waals surface area contributed by atoms with E-state index in [4.69, 9.17) is 5.73 Å². The zero-order valence-electron chi connectivity index (χ0n) is 12.1. The van der Waals surface area contributed by atoms with Crippen LogP contribution < -0.4 is 11.1 Å². The van der Waals surface area contributed by atoms with Crippen molar-refractivity contribution >= 4 is 11.9 Å². The van der Waals surface area contributed by atoms with Crippen LogP contribution in [0.4, 0.5) is 0 Å². The van der Waals surface area contributed by atoms with E-state index in [-0.39, 0.29) is 5.91 Å². The van der Waals surface area contributed by atoms with Gasteiger partial charge in [-0.1, -0.05) is 31.4 Å². The van der Waals surface area contributed by atoms with Crippen LogP contribution in [0, 0.1) is 0 Å². The predicted octanol–water partition coefficient (Wildman–Crippen LogP) is 1.71. The Kier molecular flexibility index (Phi) is 4.96. The van der Waals surface area contributed by atoms with Crippen LogP contribution in [0.25, 0.3) is 0 Å². The number of nitrogens with one attached hydrogen (secondary N) is 1. The minimum atomic E-state index is -1.11. The molecule has 114 valence electrons. The van der Waals surface area contributed by atoms with Gasteiger partial charge in [-0.25, -0.2) is 4.79 Å². The highest BCUT2D eigenvalue weighted by atomic mass is 16.4. The van der Waals surface area contributed by atoms with Gasteiger partial charge in [0.05, 0.1) is 0 Å². The third-order valence-electron chi connectivity index (χ3n) is 4.12. The summed E-state index contributed by atoms with van der Waals surface area (Å²) in [5.41, 5.74) is 5.94. The SMILES string of the molecule is NCCc1ccc(C(=O)NC2(C(=O)O)CCCCC2)cc1. The molecule has 0 heterocycles. The second kappa shape index (κ2) is 6.72. The molecular weight excluding hydrogens is 268 g/mol. The van der Waals surface area contributed by atoms with Crippen LogP contribution in [0.1, 0.15) is 48.0 Å². The number of amides is 1. The van der Waals surface area contributed by atoms with Crippen LogP contribution in [0.2, 0.25) is 0 Å². The fraction of sp³-hybridized carbons (Fsp3) is 0.500. The summed E-state index contributed by atoms with van der Waals surface area (Å²) in [6.07, 6.45) is 4.46. The van der Waals surface area contributed by atoms with E-state index in [1.807, 2.05) is 12.1 Å². The average molecular weight is 290 g/mol. The van der Waals surface area contributed by atoms with Crippen molar-refractivity contribution < 1.29 is 14.7 Å². The van der Waals surface area contributed by atoms with Gasteiger partial charge in [0.15, 0.2) is 0 Å². The minimum Gasteiger partial charge on any atom is -0.480 e. The molecule has 1 aliphatic carbocycles. The number of carboxylic acid groups (broad SMARTS) is 1. The van der Waals surface area contributed by atoms with Gasteiger partial charge in [-0.05, 0) is 43.5 Å². The first-order chi connectivity index (χ1) is 10.1. The van der Waals surface area contributed by atoms with Gasteiger partial charge >= 0.3 is 5.97 Å². The fourth-order valence-corrected chi connectivity index (χ4v) is 2.83. The van der Waals surface area contributed by atoms with Crippen molar-refractivity contribution in [3.05, 3.63) is 35.4 Å². The molecule has 1 amide bonds. The van der Waals surface area contributed by atoms with Crippen molar-refractivity contribution in [3.8, 4) is 0 Å². The number of aliphatic carboxylic acids is 1. The molecule has 0 bridgehead atoms. The number of carbonyl (C=O) groups excluding carboxylic acids is 1. The zero-order valence-corrected chi connectivity index (χ0v) is 12.1. The highest BCUT2D eigenvalue weighted by Crippen LogP contribution is 2.28. The summed E-state index contributed by atoms with van der Waals surface area (Å²) in [5, 5.41) is 12.2. The van der Waals surface area contributed by atoms with E-state index in [1.165, 1.54) is 0 Å². The molecule has 5 heteroatoms. The van der Waals surface area contributed by atoms with E-state index >= 15 is 0 Å². The highest BCUT2D eigenvalue weighted by Gasteiger charge is 2.41. The van der Waals surface area contributed by atoms with Gasteiger partial charge < -0.3 is 16.2 Å². The third kappa shape index (κ3) is 3.61. The van der Waals surface area contributed by atoms with Crippen LogP contribution in [0.15, 0.2) is 24.3 Å². The number of hydrogen-bond acceptors (Lipinski definition) is 3. The monoisotopic (exact) mass is 290 g/mol. The number of rotatable bonds is 5. The van der Waals surface area contributed by atoms with E-state index < -0.39 is 11.5 Å². The summed E-state index contributed by atoms with van der Waals surface area (Å²) in [7, 11) is 0. The average Bonchev–Trinajstić information content (AvgIpc) is 2.49. The maximum absolute atomic E-state index is 12.3. The van der Waals surface area contributed by atoms with Gasteiger partial charge in [0, 0.05) is 5.56 Å². The van der Waals surface area contributed by atoms with Crippen LogP contribution in [-0.2, 0) is 11.2 Å². The van der Waals surface area contributed by atoms with Crippen LogP contribution in [-0.4, -0.2) is 29.1 Å². The number of hydrogen-bond donors (Lipinski definition) is 3. The number of nitrogens with two attached hydrogens (primary N) is 1. The van der Waals surface area contributed by atoms with E-state index in [9.17, 15) is 14.7 Å². The Morgan fingerprint density at radius 2 is 1.76 bits per heavy atom. The molecular formula is C16H22N2O3. The first-order valence-corrected chi connectivity index (χ1v) is 7.42. The van der Waals surface area contributed by atoms with Gasteiger partial charge in [0.25, 0.3) is 5.91 Å². The Bertz CT molecular complexity index is 505. The summed E-state index contributed by atoms with van der Waals surface area (Å²) in [6, 6.07) is 7.16. The van der Waals surface area contributed by atoms with Crippen molar-refractivity contribution in [3.63, 3.8) is 0 Å². The predicted molar refractivity (Wildman–Crippen MR) is 80.1 cm³/mol. The molecule has 1 aromatic rings. The molecule has 5 nitrogen and oxygen atoms in total. The lowest BCUT2D eigenvalue weighted by molar-refractivity contribution is -0.145. The molecule has 0 atom stereocenters. The standard InChI is InChI=1S/C16H22N2O3/c17-11-8-12-4-6-13(7-5-12)14(19)18-16(15(20)21)9-2-1-3-10-16/h4-7H,1-3,8-11,17H2,(H,18,19)(H,20,21). The number of carbonyl (C=O) groups is 2. The first kappa shape index (κ1) is 15.5. The Morgan fingerprint density at radius 3 is 2.29 bits per heavy atom. The minimum absolute atomic E-state index is 0.321. The molecule has 1 aliphatic rings. The maximum atomic E-state index is 12.3. The van der Waals surface area contributed by atoms with E-state index in [2.05, 4.69) is 5.32 Å². The molecule has 21 heavy (non-hydrogen) atoms. The lowest BCUT2D eigenvalue weighted by Crippen LogP contribution is -2.55. The summed E-state index contributed by atoms with van der Waals surface area (Å²) in [4.78, 5) is 23.8. The molecule has 4 N–H and O–H groups in total. The van der Waals surface area contributed by atoms with Crippen molar-refractivity contribution in [1.29, 1.82) is 0 Å². The summed E-state index contributed by atoms with van der Waals surface area (Å²) in [5.74, 6) is -1.26. The Morgan fingerprint density at radius 1 is 1.14 bits per heavy atom. The Balaban J connectivity index is 2.10. The highest BCUT2D eigenvalue weighted by molar-refractivity contribution is 5.97. The van der Waals surface area contributed by atoms with E-state index in [1.54, 1.807) is 12.1 Å². The third-order valence-corrected chi connectivity index (χ3v) is 4.12. The van der Waals surface area contributed by atoms with Gasteiger partial charge in [0.1, 0.15) is 5.54 Å². The number of benzene rings is 1. The summed E-state index contributed by atoms with van der Waals surface area (Å²) in [6.45, 7) is 0.563. The van der Waals surface area contributed by atoms with Gasteiger partial charge in [0.2, 0.25) is 0 Å². The molecule has 0 saturated heterocycles. The van der Waals surface area contributed by atoms with Gasteiger partial charge in [-0.15, -0.1) is 0 Å². The van der Waals surface area contributed by atoms with Gasteiger partial charge in [-0.2, -0.15) is 0 Å². The lowest BCUT2D eigenvalue weighted by Gasteiger charge is -2.34. The topological polar surface area (TPSA) is 92.4 Å². The zero-order chi connectivity index (χ0) is 15.3. The van der Waals surface area contributed by atoms with Crippen molar-refractivity contribution in [2.75, 3.05) is 6.54 Å².